The molecule has 0 aliphatic rings. The highest BCUT2D eigenvalue weighted by Crippen LogP contribution is 2.30. The molecule has 1 amide bonds. The van der Waals surface area contributed by atoms with Crippen molar-refractivity contribution in [2.75, 3.05) is 5.32 Å². The highest BCUT2D eigenvalue weighted by molar-refractivity contribution is 6.06. The standard InChI is InChI=1S/C16H16N2O2/c1-2-13(17)16(19)18-10-7-8-12-11-5-3-4-6-14(11)20-15(12)9-10/h3-9,13H,2,17H2,1H3,(H,18,19)/t13-/m0/s1. The van der Waals surface area contributed by atoms with Crippen LogP contribution in [-0.2, 0) is 4.79 Å². The van der Waals surface area contributed by atoms with E-state index in [1.54, 1.807) is 0 Å². The van der Waals surface area contributed by atoms with Gasteiger partial charge in [-0.2, -0.15) is 0 Å². The summed E-state index contributed by atoms with van der Waals surface area (Å²) < 4.78 is 5.78. The number of benzene rings is 2. The Kier molecular flexibility index (Phi) is 3.16. The summed E-state index contributed by atoms with van der Waals surface area (Å²) in [6, 6.07) is 13.0. The minimum Gasteiger partial charge on any atom is -0.456 e. The van der Waals surface area contributed by atoms with Crippen molar-refractivity contribution in [3.63, 3.8) is 0 Å². The van der Waals surface area contributed by atoms with Crippen LogP contribution < -0.4 is 11.1 Å². The Labute approximate surface area is 116 Å². The molecule has 2 aromatic carbocycles. The molecular formula is C16H16N2O2. The van der Waals surface area contributed by atoms with Crippen LogP contribution >= 0.6 is 0 Å². The average Bonchev–Trinajstić information content (AvgIpc) is 2.83. The number of para-hydroxylation sites is 1. The molecule has 0 radical (unpaired) electrons. The lowest BCUT2D eigenvalue weighted by Crippen LogP contribution is -2.34. The zero-order valence-corrected chi connectivity index (χ0v) is 11.2. The number of hydrogen-bond acceptors (Lipinski definition) is 3. The number of nitrogens with two attached hydrogens (primary N) is 1. The molecule has 0 bridgehead atoms. The summed E-state index contributed by atoms with van der Waals surface area (Å²) in [4.78, 5) is 11.8. The first-order valence-corrected chi connectivity index (χ1v) is 6.67. The molecule has 0 fully saturated rings. The molecule has 0 aliphatic carbocycles. The molecule has 3 rings (SSSR count). The molecule has 0 saturated carbocycles. The van der Waals surface area contributed by atoms with Crippen LogP contribution in [0.2, 0.25) is 0 Å². The fraction of sp³-hybridized carbons (Fsp3) is 0.188. The van der Waals surface area contributed by atoms with Crippen molar-refractivity contribution < 1.29 is 9.21 Å². The van der Waals surface area contributed by atoms with Gasteiger partial charge < -0.3 is 15.5 Å². The summed E-state index contributed by atoms with van der Waals surface area (Å²) in [5.74, 6) is -0.178. The van der Waals surface area contributed by atoms with Crippen molar-refractivity contribution in [3.8, 4) is 0 Å². The average molecular weight is 268 g/mol. The van der Waals surface area contributed by atoms with Crippen LogP contribution in [0.5, 0.6) is 0 Å². The van der Waals surface area contributed by atoms with E-state index in [1.165, 1.54) is 0 Å². The van der Waals surface area contributed by atoms with E-state index >= 15 is 0 Å². The lowest BCUT2D eigenvalue weighted by molar-refractivity contribution is -0.117. The fourth-order valence-corrected chi connectivity index (χ4v) is 2.22. The molecule has 4 nitrogen and oxygen atoms in total. The predicted octanol–water partition coefficient (Wildman–Crippen LogP) is 3.26. The third kappa shape index (κ3) is 2.14. The van der Waals surface area contributed by atoms with Crippen LogP contribution in [0.1, 0.15) is 13.3 Å². The summed E-state index contributed by atoms with van der Waals surface area (Å²) in [6.07, 6.45) is 0.610. The summed E-state index contributed by atoms with van der Waals surface area (Å²) >= 11 is 0. The Morgan fingerprint density at radius 3 is 2.75 bits per heavy atom. The third-order valence-electron chi connectivity index (χ3n) is 3.42. The molecule has 20 heavy (non-hydrogen) atoms. The molecule has 0 aliphatic heterocycles. The maximum atomic E-state index is 11.8. The van der Waals surface area contributed by atoms with Gasteiger partial charge in [0.2, 0.25) is 5.91 Å². The van der Waals surface area contributed by atoms with E-state index in [0.717, 1.165) is 21.9 Å². The fourth-order valence-electron chi connectivity index (χ4n) is 2.22. The molecule has 0 saturated heterocycles. The van der Waals surface area contributed by atoms with Crippen LogP contribution in [0.3, 0.4) is 0 Å². The second-order valence-electron chi connectivity index (χ2n) is 4.81. The van der Waals surface area contributed by atoms with Crippen LogP contribution in [0.25, 0.3) is 21.9 Å². The van der Waals surface area contributed by atoms with Crippen molar-refractivity contribution in [3.05, 3.63) is 42.5 Å². The minimum absolute atomic E-state index is 0.178. The molecule has 3 aromatic rings. The second kappa shape index (κ2) is 4.98. The van der Waals surface area contributed by atoms with Gasteiger partial charge in [-0.15, -0.1) is 0 Å². The second-order valence-corrected chi connectivity index (χ2v) is 4.81. The summed E-state index contributed by atoms with van der Waals surface area (Å²) in [5.41, 5.74) is 8.00. The lowest BCUT2D eigenvalue weighted by atomic mass is 10.1. The van der Waals surface area contributed by atoms with Gasteiger partial charge in [0.25, 0.3) is 0 Å². The van der Waals surface area contributed by atoms with E-state index in [4.69, 9.17) is 10.2 Å². The van der Waals surface area contributed by atoms with Gasteiger partial charge in [0.15, 0.2) is 0 Å². The lowest BCUT2D eigenvalue weighted by Gasteiger charge is -2.09. The molecule has 3 N–H and O–H groups in total. The number of anilines is 1. The van der Waals surface area contributed by atoms with Crippen molar-refractivity contribution in [1.29, 1.82) is 0 Å². The van der Waals surface area contributed by atoms with Crippen molar-refractivity contribution in [2.45, 2.75) is 19.4 Å². The summed E-state index contributed by atoms with van der Waals surface area (Å²) in [5, 5.41) is 4.92. The number of hydrogen-bond donors (Lipinski definition) is 2. The Hall–Kier alpha value is -2.33. The van der Waals surface area contributed by atoms with E-state index in [1.807, 2.05) is 49.4 Å². The first-order chi connectivity index (χ1) is 9.69. The molecule has 1 atom stereocenters. The normalized spacial score (nSPS) is 12.7. The Balaban J connectivity index is 1.99. The highest BCUT2D eigenvalue weighted by atomic mass is 16.3. The maximum Gasteiger partial charge on any atom is 0.241 e. The zero-order valence-electron chi connectivity index (χ0n) is 11.2. The van der Waals surface area contributed by atoms with Gasteiger partial charge in [0, 0.05) is 22.5 Å². The SMILES string of the molecule is CC[C@H](N)C(=O)Nc1ccc2c(c1)oc1ccccc12. The van der Waals surface area contributed by atoms with Crippen LogP contribution in [0, 0.1) is 0 Å². The smallest absolute Gasteiger partial charge is 0.241 e. The van der Waals surface area contributed by atoms with Crippen molar-refractivity contribution in [2.24, 2.45) is 5.73 Å². The van der Waals surface area contributed by atoms with Gasteiger partial charge in [0.1, 0.15) is 11.2 Å². The molecule has 102 valence electrons. The number of carbonyl (C=O) groups excluding carboxylic acids is 1. The Morgan fingerprint density at radius 2 is 1.95 bits per heavy atom. The number of furan rings is 1. The van der Waals surface area contributed by atoms with Gasteiger partial charge in [-0.05, 0) is 24.6 Å². The first kappa shape index (κ1) is 12.7. The summed E-state index contributed by atoms with van der Waals surface area (Å²) in [6.45, 7) is 1.88. The van der Waals surface area contributed by atoms with Crippen molar-refractivity contribution in [1.82, 2.24) is 0 Å². The van der Waals surface area contributed by atoms with Crippen LogP contribution in [-0.4, -0.2) is 11.9 Å². The topological polar surface area (TPSA) is 68.3 Å². The molecule has 0 spiro atoms. The van der Waals surface area contributed by atoms with E-state index in [-0.39, 0.29) is 5.91 Å². The van der Waals surface area contributed by atoms with E-state index in [0.29, 0.717) is 12.1 Å². The number of rotatable bonds is 3. The highest BCUT2D eigenvalue weighted by Gasteiger charge is 2.12. The number of nitrogens with one attached hydrogen (secondary N) is 1. The molecule has 1 heterocycles. The maximum absolute atomic E-state index is 11.8. The van der Waals surface area contributed by atoms with Gasteiger partial charge in [0.05, 0.1) is 6.04 Å². The Bertz CT molecular complexity index is 776. The first-order valence-electron chi connectivity index (χ1n) is 6.67. The van der Waals surface area contributed by atoms with Gasteiger partial charge in [-0.3, -0.25) is 4.79 Å². The van der Waals surface area contributed by atoms with Crippen LogP contribution in [0.4, 0.5) is 5.69 Å². The number of amides is 1. The summed E-state index contributed by atoms with van der Waals surface area (Å²) in [7, 11) is 0. The molecular weight excluding hydrogens is 252 g/mol. The van der Waals surface area contributed by atoms with E-state index in [2.05, 4.69) is 5.32 Å². The van der Waals surface area contributed by atoms with Crippen LogP contribution in [0.15, 0.2) is 46.9 Å². The van der Waals surface area contributed by atoms with Crippen molar-refractivity contribution >= 4 is 33.5 Å². The monoisotopic (exact) mass is 268 g/mol. The molecule has 0 unspecified atom stereocenters. The van der Waals surface area contributed by atoms with E-state index < -0.39 is 6.04 Å². The van der Waals surface area contributed by atoms with E-state index in [9.17, 15) is 4.79 Å². The minimum atomic E-state index is -0.485. The number of fused-ring (bicyclic) bond motifs is 3. The predicted molar refractivity (Wildman–Crippen MR) is 80.6 cm³/mol. The van der Waals surface area contributed by atoms with Gasteiger partial charge >= 0.3 is 0 Å². The Morgan fingerprint density at radius 1 is 1.20 bits per heavy atom. The quantitative estimate of drug-likeness (QED) is 0.766. The van der Waals surface area contributed by atoms with Gasteiger partial charge in [-0.1, -0.05) is 25.1 Å². The molecule has 4 heteroatoms. The largest absolute Gasteiger partial charge is 0.456 e. The zero-order chi connectivity index (χ0) is 14.1. The van der Waals surface area contributed by atoms with Gasteiger partial charge in [-0.25, -0.2) is 0 Å². The number of carbonyl (C=O) groups is 1. The molecule has 1 aromatic heterocycles. The third-order valence-corrected chi connectivity index (χ3v) is 3.42.